The van der Waals surface area contributed by atoms with Crippen molar-refractivity contribution >= 4 is 29.4 Å². The molecule has 0 aliphatic carbocycles. The van der Waals surface area contributed by atoms with Crippen molar-refractivity contribution in [1.29, 1.82) is 5.26 Å². The highest BCUT2D eigenvalue weighted by Gasteiger charge is 2.35. The number of benzene rings is 1. The summed E-state index contributed by atoms with van der Waals surface area (Å²) in [5, 5.41) is 14.5. The predicted molar refractivity (Wildman–Crippen MR) is 127 cm³/mol. The molecule has 1 aromatic carbocycles. The lowest BCUT2D eigenvalue weighted by molar-refractivity contribution is -0.146. The molecular formula is C25H29N5O4. The number of aryl methyl sites for hydroxylation is 1. The van der Waals surface area contributed by atoms with Gasteiger partial charge in [-0.05, 0) is 57.7 Å². The van der Waals surface area contributed by atoms with Crippen LogP contribution >= 0.6 is 0 Å². The van der Waals surface area contributed by atoms with Crippen molar-refractivity contribution in [2.24, 2.45) is 5.92 Å². The van der Waals surface area contributed by atoms with Gasteiger partial charge in [-0.25, -0.2) is 9.78 Å². The van der Waals surface area contributed by atoms with Crippen LogP contribution in [0.15, 0.2) is 42.6 Å². The number of amides is 3. The first kappa shape index (κ1) is 24.7. The lowest BCUT2D eigenvalue weighted by Crippen LogP contribution is -2.46. The Kier molecular flexibility index (Phi) is 7.51. The van der Waals surface area contributed by atoms with Gasteiger partial charge < -0.3 is 15.0 Å². The lowest BCUT2D eigenvalue weighted by Gasteiger charge is -2.37. The van der Waals surface area contributed by atoms with Crippen molar-refractivity contribution in [2.75, 3.05) is 17.2 Å². The number of rotatable bonds is 3. The Morgan fingerprint density at radius 2 is 1.88 bits per heavy atom. The molecular weight excluding hydrogens is 434 g/mol. The van der Waals surface area contributed by atoms with Crippen LogP contribution < -0.4 is 10.6 Å². The number of anilines is 2. The van der Waals surface area contributed by atoms with Gasteiger partial charge >= 0.3 is 17.9 Å². The molecule has 0 radical (unpaired) electrons. The minimum atomic E-state index is -0.787. The number of likely N-dealkylation sites (tertiary alicyclic amines) is 1. The van der Waals surface area contributed by atoms with Crippen molar-refractivity contribution in [3.05, 3.63) is 53.7 Å². The minimum absolute atomic E-state index is 0.172. The van der Waals surface area contributed by atoms with E-state index in [1.165, 1.54) is 11.1 Å². The molecule has 0 saturated carbocycles. The van der Waals surface area contributed by atoms with E-state index in [4.69, 9.17) is 4.74 Å². The van der Waals surface area contributed by atoms with Crippen molar-refractivity contribution in [3.8, 4) is 6.07 Å². The van der Waals surface area contributed by atoms with E-state index in [2.05, 4.69) is 21.7 Å². The van der Waals surface area contributed by atoms with E-state index in [0.29, 0.717) is 36.5 Å². The van der Waals surface area contributed by atoms with Crippen LogP contribution in [-0.2, 0) is 14.3 Å². The number of piperidine rings is 1. The monoisotopic (exact) mass is 463 g/mol. The molecule has 1 saturated heterocycles. The van der Waals surface area contributed by atoms with Gasteiger partial charge in [-0.1, -0.05) is 30.3 Å². The van der Waals surface area contributed by atoms with Gasteiger partial charge in [-0.2, -0.15) is 5.26 Å². The van der Waals surface area contributed by atoms with Crippen molar-refractivity contribution in [2.45, 2.75) is 52.2 Å². The van der Waals surface area contributed by atoms with Gasteiger partial charge in [0.1, 0.15) is 11.4 Å². The Labute approximate surface area is 199 Å². The molecule has 2 heterocycles. The molecule has 178 valence electrons. The van der Waals surface area contributed by atoms with Crippen LogP contribution in [0.2, 0.25) is 0 Å². The van der Waals surface area contributed by atoms with Gasteiger partial charge in [0, 0.05) is 6.54 Å². The summed E-state index contributed by atoms with van der Waals surface area (Å²) in [6, 6.07) is 13.0. The summed E-state index contributed by atoms with van der Waals surface area (Å²) in [5.74, 6) is -1.33. The second-order valence-corrected chi connectivity index (χ2v) is 9.25. The minimum Gasteiger partial charge on any atom is -0.444 e. The number of nitriles is 1. The molecule has 9 heteroatoms. The Hall–Kier alpha value is -3.93. The molecule has 3 amide bonds. The standard InChI is InChI=1S/C25H29N5O4/c1-16-12-19(15-27-21(16)29-24(33)34-25(2,3)4)28-22(31)23(32)30-11-10-17(14-26)13-20(30)18-8-6-5-7-9-18/h5-9,12,15,17,20H,10-11,13H2,1-4H3,(H,28,31)(H,27,29,33)/t17-,20+/m0/s1. The van der Waals surface area contributed by atoms with E-state index in [1.807, 2.05) is 30.3 Å². The average molecular weight is 464 g/mol. The molecule has 1 aromatic heterocycles. The second-order valence-electron chi connectivity index (χ2n) is 9.25. The number of hydrogen-bond acceptors (Lipinski definition) is 6. The molecule has 0 spiro atoms. The van der Waals surface area contributed by atoms with Crippen molar-refractivity contribution in [1.82, 2.24) is 9.88 Å². The Bertz CT molecular complexity index is 1100. The van der Waals surface area contributed by atoms with Gasteiger partial charge in [0.25, 0.3) is 0 Å². The van der Waals surface area contributed by atoms with E-state index >= 15 is 0 Å². The van der Waals surface area contributed by atoms with Gasteiger partial charge in [-0.3, -0.25) is 14.9 Å². The third kappa shape index (κ3) is 6.32. The van der Waals surface area contributed by atoms with Crippen LogP contribution in [0, 0.1) is 24.2 Å². The quantitative estimate of drug-likeness (QED) is 0.658. The van der Waals surface area contributed by atoms with Crippen LogP contribution in [0.3, 0.4) is 0 Å². The highest BCUT2D eigenvalue weighted by molar-refractivity contribution is 6.39. The summed E-state index contributed by atoms with van der Waals surface area (Å²) in [4.78, 5) is 43.5. The Balaban J connectivity index is 1.70. The zero-order valence-electron chi connectivity index (χ0n) is 19.8. The van der Waals surface area contributed by atoms with E-state index < -0.39 is 23.5 Å². The van der Waals surface area contributed by atoms with Gasteiger partial charge in [0.2, 0.25) is 0 Å². The van der Waals surface area contributed by atoms with Crippen LogP contribution in [0.25, 0.3) is 0 Å². The summed E-state index contributed by atoms with van der Waals surface area (Å²) in [5.41, 5.74) is 1.16. The Morgan fingerprint density at radius 1 is 1.18 bits per heavy atom. The first-order chi connectivity index (χ1) is 16.1. The number of nitrogens with one attached hydrogen (secondary N) is 2. The van der Waals surface area contributed by atoms with Gasteiger partial charge in [0.05, 0.1) is 29.9 Å². The number of ether oxygens (including phenoxy) is 1. The molecule has 0 bridgehead atoms. The van der Waals surface area contributed by atoms with E-state index in [1.54, 1.807) is 33.8 Å². The number of pyridine rings is 1. The summed E-state index contributed by atoms with van der Waals surface area (Å²) in [6.45, 7) is 7.31. The van der Waals surface area contributed by atoms with Crippen molar-refractivity contribution < 1.29 is 19.1 Å². The highest BCUT2D eigenvalue weighted by Crippen LogP contribution is 2.34. The molecule has 2 atom stereocenters. The number of carbonyl (C=O) groups excluding carboxylic acids is 3. The molecule has 0 unspecified atom stereocenters. The van der Waals surface area contributed by atoms with Crippen LogP contribution in [-0.4, -0.2) is 39.9 Å². The maximum absolute atomic E-state index is 13.0. The number of hydrogen-bond donors (Lipinski definition) is 2. The maximum Gasteiger partial charge on any atom is 0.413 e. The molecule has 1 aliphatic rings. The summed E-state index contributed by atoms with van der Waals surface area (Å²) < 4.78 is 5.22. The zero-order valence-corrected chi connectivity index (χ0v) is 19.8. The highest BCUT2D eigenvalue weighted by atomic mass is 16.6. The largest absolute Gasteiger partial charge is 0.444 e. The van der Waals surface area contributed by atoms with Crippen molar-refractivity contribution in [3.63, 3.8) is 0 Å². The maximum atomic E-state index is 13.0. The molecule has 1 aliphatic heterocycles. The third-order valence-electron chi connectivity index (χ3n) is 5.38. The fourth-order valence-electron chi connectivity index (χ4n) is 3.81. The number of carbonyl (C=O) groups is 3. The third-order valence-corrected chi connectivity index (χ3v) is 5.38. The van der Waals surface area contributed by atoms with Gasteiger partial charge in [0.15, 0.2) is 0 Å². The Morgan fingerprint density at radius 3 is 2.50 bits per heavy atom. The van der Waals surface area contributed by atoms with Gasteiger partial charge in [-0.15, -0.1) is 0 Å². The average Bonchev–Trinajstić information content (AvgIpc) is 2.79. The van der Waals surface area contributed by atoms with E-state index in [-0.39, 0.29) is 12.0 Å². The summed E-state index contributed by atoms with van der Waals surface area (Å²) in [7, 11) is 0. The number of nitrogens with zero attached hydrogens (tertiary/aromatic N) is 3. The molecule has 9 nitrogen and oxygen atoms in total. The molecule has 2 N–H and O–H groups in total. The molecule has 1 fully saturated rings. The normalized spacial score (nSPS) is 17.9. The fourth-order valence-corrected chi connectivity index (χ4v) is 3.81. The SMILES string of the molecule is Cc1cc(NC(=O)C(=O)N2CC[C@H](C#N)C[C@@H]2c2ccccc2)cnc1NC(=O)OC(C)(C)C. The smallest absolute Gasteiger partial charge is 0.413 e. The molecule has 2 aromatic rings. The number of aromatic nitrogens is 1. The summed E-state index contributed by atoms with van der Waals surface area (Å²) in [6.07, 6.45) is 1.72. The molecule has 3 rings (SSSR count). The van der Waals surface area contributed by atoms with E-state index in [9.17, 15) is 19.6 Å². The lowest BCUT2D eigenvalue weighted by atomic mass is 9.88. The van der Waals surface area contributed by atoms with Crippen LogP contribution in [0.4, 0.5) is 16.3 Å². The van der Waals surface area contributed by atoms with Crippen LogP contribution in [0.5, 0.6) is 0 Å². The topological polar surface area (TPSA) is 124 Å². The van der Waals surface area contributed by atoms with Crippen LogP contribution in [0.1, 0.15) is 50.8 Å². The first-order valence-electron chi connectivity index (χ1n) is 11.1. The molecule has 34 heavy (non-hydrogen) atoms. The first-order valence-corrected chi connectivity index (χ1v) is 11.1. The second kappa shape index (κ2) is 10.3. The predicted octanol–water partition coefficient (Wildman–Crippen LogP) is 4.18. The summed E-state index contributed by atoms with van der Waals surface area (Å²) >= 11 is 0. The fraction of sp³-hybridized carbons (Fsp3) is 0.400. The zero-order chi connectivity index (χ0) is 24.9. The van der Waals surface area contributed by atoms with E-state index in [0.717, 1.165) is 5.56 Å².